The van der Waals surface area contributed by atoms with Gasteiger partial charge in [-0.15, -0.1) is 0 Å². The Hall–Kier alpha value is -0.850. The number of rotatable bonds is 51. The van der Waals surface area contributed by atoms with Gasteiger partial charge in [-0.2, -0.15) is 0 Å². The average Bonchev–Trinajstić information content (AvgIpc) is 3.33. The van der Waals surface area contributed by atoms with Gasteiger partial charge in [-0.3, -0.25) is 4.79 Å². The normalized spacial score (nSPS) is 20.0. The Labute approximate surface area is 413 Å². The van der Waals surface area contributed by atoms with Crippen molar-refractivity contribution in [2.24, 2.45) is 0 Å². The zero-order valence-electron chi connectivity index (χ0n) is 44.1. The number of aliphatic hydroxyl groups is 6. The minimum absolute atomic E-state index is 0.253. The number of hydrogen-bond acceptors (Lipinski definition) is 9. The predicted molar refractivity (Wildman–Crippen MR) is 278 cm³/mol. The average molecular weight is 957 g/mol. The van der Waals surface area contributed by atoms with E-state index in [1.165, 1.54) is 225 Å². The summed E-state index contributed by atoms with van der Waals surface area (Å²) < 4.78 is 11.2. The first-order valence-corrected chi connectivity index (χ1v) is 29.3. The molecule has 67 heavy (non-hydrogen) atoms. The standard InChI is InChI=1S/C57H113NO9/c1-3-5-7-9-11-13-14-15-16-17-18-19-20-21-22-23-24-25-26-27-28-29-30-31-32-33-34-35-36-37-38-40-42-44-46-52(61)58-49(48-66-57-56(65)55(64)54(63)51(47-59)67-57)53(62)50(60)45-43-41-39-12-10-8-6-4-2/h49-51,53-57,59-60,62-65H,3-48H2,1-2H3,(H,58,61)/t49-,50+,51+,53-,54+,55?,56?,57+/m0/s1. The number of ether oxygens (including phenoxy) is 2. The molecule has 0 bridgehead atoms. The van der Waals surface area contributed by atoms with Gasteiger partial charge in [0.25, 0.3) is 0 Å². The van der Waals surface area contributed by atoms with Crippen LogP contribution < -0.4 is 5.32 Å². The molecule has 1 heterocycles. The molecule has 0 radical (unpaired) electrons. The van der Waals surface area contributed by atoms with Gasteiger partial charge in [0.2, 0.25) is 5.91 Å². The van der Waals surface area contributed by atoms with Crippen LogP contribution in [0.1, 0.15) is 296 Å². The van der Waals surface area contributed by atoms with Crippen molar-refractivity contribution in [2.75, 3.05) is 13.2 Å². The van der Waals surface area contributed by atoms with Crippen molar-refractivity contribution in [3.05, 3.63) is 0 Å². The molecule has 0 aromatic heterocycles. The summed E-state index contributed by atoms with van der Waals surface area (Å²) in [5.74, 6) is -0.253. The van der Waals surface area contributed by atoms with Crippen LogP contribution in [0.4, 0.5) is 0 Å². The molecule has 1 saturated heterocycles. The molecule has 7 N–H and O–H groups in total. The Balaban J connectivity index is 2.05. The second kappa shape index (κ2) is 47.5. The Bertz CT molecular complexity index is 1040. The second-order valence-electron chi connectivity index (χ2n) is 20.9. The molecular weight excluding hydrogens is 843 g/mol. The largest absolute Gasteiger partial charge is 0.394 e. The van der Waals surface area contributed by atoms with Crippen LogP contribution in [0.5, 0.6) is 0 Å². The summed E-state index contributed by atoms with van der Waals surface area (Å²) in [6.45, 7) is 3.60. The summed E-state index contributed by atoms with van der Waals surface area (Å²) in [6, 6.07) is -0.984. The number of carbonyl (C=O) groups is 1. The highest BCUT2D eigenvalue weighted by atomic mass is 16.7. The summed E-state index contributed by atoms with van der Waals surface area (Å²) in [5.41, 5.74) is 0. The number of hydrogen-bond donors (Lipinski definition) is 7. The van der Waals surface area contributed by atoms with E-state index in [-0.39, 0.29) is 18.9 Å². The Morgan fingerprint density at radius 3 is 1.10 bits per heavy atom. The SMILES string of the molecule is CCCCCCCCCCCCCCCCCCCCCCCCCCCCCCCCCCCCC(=O)N[C@@H](CO[C@@H]1O[C@H](CO)[C@@H](O)C(O)C1O)[C@H](O)[C@H](O)CCCCCCCCCC. The number of aliphatic hydroxyl groups excluding tert-OH is 6. The highest BCUT2D eigenvalue weighted by Crippen LogP contribution is 2.24. The third-order valence-corrected chi connectivity index (χ3v) is 14.6. The van der Waals surface area contributed by atoms with Gasteiger partial charge in [0, 0.05) is 6.42 Å². The molecule has 1 rings (SSSR count). The fourth-order valence-corrected chi connectivity index (χ4v) is 9.85. The zero-order chi connectivity index (χ0) is 48.8. The van der Waals surface area contributed by atoms with Crippen LogP contribution in [0.3, 0.4) is 0 Å². The van der Waals surface area contributed by atoms with Crippen molar-refractivity contribution in [1.82, 2.24) is 5.32 Å². The number of carbonyl (C=O) groups excluding carboxylic acids is 1. The molecule has 1 aliphatic rings. The lowest BCUT2D eigenvalue weighted by atomic mass is 9.98. The van der Waals surface area contributed by atoms with Gasteiger partial charge >= 0.3 is 0 Å². The summed E-state index contributed by atoms with van der Waals surface area (Å²) in [6.07, 6.45) is 46.1. The lowest BCUT2D eigenvalue weighted by Gasteiger charge is -2.40. The topological polar surface area (TPSA) is 169 Å². The highest BCUT2D eigenvalue weighted by Gasteiger charge is 2.44. The van der Waals surface area contributed by atoms with Crippen LogP contribution in [0.25, 0.3) is 0 Å². The van der Waals surface area contributed by atoms with Crippen LogP contribution >= 0.6 is 0 Å². The molecule has 10 heteroatoms. The Morgan fingerprint density at radius 2 is 0.776 bits per heavy atom. The van der Waals surface area contributed by atoms with Gasteiger partial charge in [-0.05, 0) is 12.8 Å². The Kier molecular flexibility index (Phi) is 45.5. The number of amides is 1. The predicted octanol–water partition coefficient (Wildman–Crippen LogP) is 13.2. The minimum Gasteiger partial charge on any atom is -0.394 e. The molecular formula is C57H113NO9. The van der Waals surface area contributed by atoms with Crippen molar-refractivity contribution in [1.29, 1.82) is 0 Å². The van der Waals surface area contributed by atoms with Crippen LogP contribution in [-0.2, 0) is 14.3 Å². The maximum Gasteiger partial charge on any atom is 0.220 e. The highest BCUT2D eigenvalue weighted by molar-refractivity contribution is 5.76. The molecule has 1 aliphatic heterocycles. The first kappa shape index (κ1) is 64.2. The van der Waals surface area contributed by atoms with Crippen LogP contribution in [0, 0.1) is 0 Å². The van der Waals surface area contributed by atoms with Gasteiger partial charge in [0.15, 0.2) is 6.29 Å². The first-order valence-electron chi connectivity index (χ1n) is 29.3. The molecule has 8 atom stereocenters. The van der Waals surface area contributed by atoms with E-state index < -0.39 is 55.6 Å². The lowest BCUT2D eigenvalue weighted by molar-refractivity contribution is -0.303. The van der Waals surface area contributed by atoms with E-state index in [0.717, 1.165) is 44.9 Å². The number of unbranched alkanes of at least 4 members (excludes halogenated alkanes) is 40. The van der Waals surface area contributed by atoms with E-state index >= 15 is 0 Å². The molecule has 0 aromatic rings. The van der Waals surface area contributed by atoms with Crippen molar-refractivity contribution in [2.45, 2.75) is 345 Å². The fourth-order valence-electron chi connectivity index (χ4n) is 9.85. The van der Waals surface area contributed by atoms with Gasteiger partial charge in [-0.25, -0.2) is 0 Å². The van der Waals surface area contributed by atoms with E-state index in [0.29, 0.717) is 6.42 Å². The van der Waals surface area contributed by atoms with Gasteiger partial charge < -0.3 is 45.4 Å². The van der Waals surface area contributed by atoms with E-state index in [9.17, 15) is 35.4 Å². The monoisotopic (exact) mass is 956 g/mol. The molecule has 10 nitrogen and oxygen atoms in total. The molecule has 1 amide bonds. The van der Waals surface area contributed by atoms with Crippen LogP contribution in [0.2, 0.25) is 0 Å². The smallest absolute Gasteiger partial charge is 0.220 e. The minimum atomic E-state index is -1.60. The van der Waals surface area contributed by atoms with Crippen molar-refractivity contribution >= 4 is 5.91 Å². The van der Waals surface area contributed by atoms with Crippen molar-refractivity contribution < 1.29 is 44.9 Å². The Morgan fingerprint density at radius 1 is 0.463 bits per heavy atom. The number of nitrogens with one attached hydrogen (secondary N) is 1. The van der Waals surface area contributed by atoms with E-state index in [4.69, 9.17) is 9.47 Å². The van der Waals surface area contributed by atoms with Crippen LogP contribution in [-0.4, -0.2) is 98.7 Å². The maximum absolute atomic E-state index is 13.0. The lowest BCUT2D eigenvalue weighted by Crippen LogP contribution is -2.60. The summed E-state index contributed by atoms with van der Waals surface area (Å²) in [4.78, 5) is 13.0. The molecule has 400 valence electrons. The van der Waals surface area contributed by atoms with E-state index in [1.807, 2.05) is 0 Å². The quantitative estimate of drug-likeness (QED) is 0.0293. The van der Waals surface area contributed by atoms with Gasteiger partial charge in [-0.1, -0.05) is 277 Å². The van der Waals surface area contributed by atoms with Crippen LogP contribution in [0.15, 0.2) is 0 Å². The maximum atomic E-state index is 13.0. The molecule has 0 spiro atoms. The summed E-state index contributed by atoms with van der Waals surface area (Å²) in [5, 5.41) is 65.1. The zero-order valence-corrected chi connectivity index (χ0v) is 44.1. The van der Waals surface area contributed by atoms with Gasteiger partial charge in [0.05, 0.1) is 25.4 Å². The second-order valence-corrected chi connectivity index (χ2v) is 20.9. The van der Waals surface area contributed by atoms with Gasteiger partial charge in [0.1, 0.15) is 30.5 Å². The molecule has 0 aromatic carbocycles. The molecule has 2 unspecified atom stereocenters. The molecule has 1 fully saturated rings. The molecule has 0 saturated carbocycles. The first-order chi connectivity index (χ1) is 32.8. The molecule has 0 aliphatic carbocycles. The third kappa shape index (κ3) is 36.7. The fraction of sp³-hybridized carbons (Fsp3) is 0.982. The summed E-state index contributed by atoms with van der Waals surface area (Å²) >= 11 is 0. The van der Waals surface area contributed by atoms with Crippen molar-refractivity contribution in [3.8, 4) is 0 Å². The summed E-state index contributed by atoms with van der Waals surface area (Å²) in [7, 11) is 0. The third-order valence-electron chi connectivity index (χ3n) is 14.6. The van der Waals surface area contributed by atoms with E-state index in [1.54, 1.807) is 0 Å². The van der Waals surface area contributed by atoms with E-state index in [2.05, 4.69) is 19.2 Å². The van der Waals surface area contributed by atoms with Crippen molar-refractivity contribution in [3.63, 3.8) is 0 Å².